The van der Waals surface area contributed by atoms with Gasteiger partial charge in [-0.25, -0.2) is 4.98 Å². The highest BCUT2D eigenvalue weighted by molar-refractivity contribution is 5.91. The maximum absolute atomic E-state index is 12.4. The first-order valence-corrected chi connectivity index (χ1v) is 10.0. The van der Waals surface area contributed by atoms with Gasteiger partial charge in [0.15, 0.2) is 5.76 Å². The topological polar surface area (TPSA) is 60.1 Å². The first-order chi connectivity index (χ1) is 13.2. The average molecular weight is 365 g/mol. The number of carbonyl (C=O) groups is 1. The maximum Gasteiger partial charge on any atom is 0.287 e. The molecule has 0 bridgehead atoms. The summed E-state index contributed by atoms with van der Waals surface area (Å²) in [6, 6.07) is 11.4. The lowest BCUT2D eigenvalue weighted by Crippen LogP contribution is -2.28. The van der Waals surface area contributed by atoms with Crippen LogP contribution in [0.3, 0.4) is 0 Å². The second kappa shape index (κ2) is 7.99. The molecular weight excluding hydrogens is 338 g/mol. The normalized spacial score (nSPS) is 16.5. The molecule has 1 atom stereocenters. The number of amides is 1. The molecule has 0 aliphatic heterocycles. The Morgan fingerprint density at radius 1 is 1.22 bits per heavy atom. The SMILES string of the molecule is CC(NC(=O)c1ccco1)c1nc2ccccc2n1CCC1CCCCC1. The van der Waals surface area contributed by atoms with Crippen LogP contribution < -0.4 is 5.32 Å². The second-order valence-electron chi connectivity index (χ2n) is 7.58. The molecule has 0 radical (unpaired) electrons. The molecular formula is C22H27N3O2. The molecule has 1 saturated carbocycles. The lowest BCUT2D eigenvalue weighted by Gasteiger charge is -2.23. The lowest BCUT2D eigenvalue weighted by molar-refractivity contribution is 0.0909. The van der Waals surface area contributed by atoms with Gasteiger partial charge in [-0.15, -0.1) is 0 Å². The van der Waals surface area contributed by atoms with Gasteiger partial charge < -0.3 is 14.3 Å². The second-order valence-corrected chi connectivity index (χ2v) is 7.58. The Balaban J connectivity index is 1.56. The number of fused-ring (bicyclic) bond motifs is 1. The summed E-state index contributed by atoms with van der Waals surface area (Å²) in [7, 11) is 0. The average Bonchev–Trinajstić information content (AvgIpc) is 3.35. The summed E-state index contributed by atoms with van der Waals surface area (Å²) in [6.07, 6.45) is 9.46. The van der Waals surface area contributed by atoms with Crippen molar-refractivity contribution in [3.63, 3.8) is 0 Å². The summed E-state index contributed by atoms with van der Waals surface area (Å²) < 4.78 is 7.50. The fourth-order valence-corrected chi connectivity index (χ4v) is 4.19. The van der Waals surface area contributed by atoms with E-state index in [4.69, 9.17) is 9.40 Å². The molecule has 1 N–H and O–H groups in total. The van der Waals surface area contributed by atoms with Crippen LogP contribution in [0.1, 0.15) is 67.9 Å². The van der Waals surface area contributed by atoms with E-state index < -0.39 is 0 Å². The van der Waals surface area contributed by atoms with Crippen molar-refractivity contribution in [2.45, 2.75) is 58.0 Å². The number of rotatable bonds is 6. The van der Waals surface area contributed by atoms with Crippen molar-refractivity contribution in [3.8, 4) is 0 Å². The zero-order valence-corrected chi connectivity index (χ0v) is 15.9. The van der Waals surface area contributed by atoms with Gasteiger partial charge in [-0.2, -0.15) is 0 Å². The number of nitrogens with one attached hydrogen (secondary N) is 1. The van der Waals surface area contributed by atoms with E-state index in [1.807, 2.05) is 19.1 Å². The third kappa shape index (κ3) is 3.92. The number of hydrogen-bond donors (Lipinski definition) is 1. The molecule has 1 aromatic carbocycles. The largest absolute Gasteiger partial charge is 0.459 e. The van der Waals surface area contributed by atoms with Crippen LogP contribution in [0.25, 0.3) is 11.0 Å². The minimum Gasteiger partial charge on any atom is -0.459 e. The van der Waals surface area contributed by atoms with Crippen LogP contribution in [0.5, 0.6) is 0 Å². The Bertz CT molecular complexity index is 892. The Morgan fingerprint density at radius 3 is 2.81 bits per heavy atom. The van der Waals surface area contributed by atoms with E-state index in [2.05, 4.69) is 22.0 Å². The van der Waals surface area contributed by atoms with Crippen LogP contribution in [-0.2, 0) is 6.54 Å². The van der Waals surface area contributed by atoms with Gasteiger partial charge in [0.25, 0.3) is 5.91 Å². The third-order valence-electron chi connectivity index (χ3n) is 5.65. The predicted octanol–water partition coefficient (Wildman–Crippen LogP) is 5.09. The molecule has 3 aromatic rings. The molecule has 1 unspecified atom stereocenters. The van der Waals surface area contributed by atoms with E-state index in [9.17, 15) is 4.79 Å². The van der Waals surface area contributed by atoms with Gasteiger partial charge in [0, 0.05) is 6.54 Å². The van der Waals surface area contributed by atoms with Crippen molar-refractivity contribution >= 4 is 16.9 Å². The highest BCUT2D eigenvalue weighted by atomic mass is 16.3. The molecule has 4 rings (SSSR count). The third-order valence-corrected chi connectivity index (χ3v) is 5.65. The maximum atomic E-state index is 12.4. The van der Waals surface area contributed by atoms with Crippen molar-refractivity contribution in [2.24, 2.45) is 5.92 Å². The van der Waals surface area contributed by atoms with Gasteiger partial charge in [0.1, 0.15) is 5.82 Å². The number of nitrogens with zero attached hydrogens (tertiary/aromatic N) is 2. The number of para-hydroxylation sites is 2. The molecule has 1 aliphatic carbocycles. The summed E-state index contributed by atoms with van der Waals surface area (Å²) in [5.41, 5.74) is 2.12. The number of imidazole rings is 1. The fraction of sp³-hybridized carbons (Fsp3) is 0.455. The fourth-order valence-electron chi connectivity index (χ4n) is 4.19. The van der Waals surface area contributed by atoms with Gasteiger partial charge in [-0.05, 0) is 43.5 Å². The van der Waals surface area contributed by atoms with Crippen molar-refractivity contribution in [2.75, 3.05) is 0 Å². The Kier molecular flexibility index (Phi) is 5.28. The molecule has 2 aromatic heterocycles. The zero-order chi connectivity index (χ0) is 18.6. The van der Waals surface area contributed by atoms with Crippen molar-refractivity contribution < 1.29 is 9.21 Å². The van der Waals surface area contributed by atoms with Gasteiger partial charge in [-0.1, -0.05) is 44.2 Å². The minimum atomic E-state index is -0.210. The molecule has 0 spiro atoms. The van der Waals surface area contributed by atoms with Crippen molar-refractivity contribution in [3.05, 3.63) is 54.2 Å². The smallest absolute Gasteiger partial charge is 0.287 e. The summed E-state index contributed by atoms with van der Waals surface area (Å²) in [6.45, 7) is 2.93. The first kappa shape index (κ1) is 17.8. The molecule has 5 heteroatoms. The van der Waals surface area contributed by atoms with Crippen LogP contribution in [0.15, 0.2) is 47.1 Å². The predicted molar refractivity (Wildman–Crippen MR) is 106 cm³/mol. The molecule has 2 heterocycles. The van der Waals surface area contributed by atoms with E-state index in [0.29, 0.717) is 5.76 Å². The molecule has 1 aliphatic rings. The van der Waals surface area contributed by atoms with E-state index in [1.54, 1.807) is 12.1 Å². The van der Waals surface area contributed by atoms with Crippen LogP contribution >= 0.6 is 0 Å². The number of aryl methyl sites for hydroxylation is 1. The number of aromatic nitrogens is 2. The number of benzene rings is 1. The highest BCUT2D eigenvalue weighted by Crippen LogP contribution is 2.28. The summed E-state index contributed by atoms with van der Waals surface area (Å²) in [5, 5.41) is 3.02. The molecule has 1 amide bonds. The minimum absolute atomic E-state index is 0.193. The number of hydrogen-bond acceptors (Lipinski definition) is 3. The van der Waals surface area contributed by atoms with Crippen molar-refractivity contribution in [1.82, 2.24) is 14.9 Å². The number of furan rings is 1. The highest BCUT2D eigenvalue weighted by Gasteiger charge is 2.21. The van der Waals surface area contributed by atoms with Gasteiger partial charge in [-0.3, -0.25) is 4.79 Å². The summed E-state index contributed by atoms with van der Waals surface area (Å²) >= 11 is 0. The van der Waals surface area contributed by atoms with Crippen molar-refractivity contribution in [1.29, 1.82) is 0 Å². The zero-order valence-electron chi connectivity index (χ0n) is 15.9. The van der Waals surface area contributed by atoms with E-state index >= 15 is 0 Å². The van der Waals surface area contributed by atoms with Gasteiger partial charge in [0.2, 0.25) is 0 Å². The molecule has 5 nitrogen and oxygen atoms in total. The Labute approximate surface area is 159 Å². The Hall–Kier alpha value is -2.56. The first-order valence-electron chi connectivity index (χ1n) is 10.0. The van der Waals surface area contributed by atoms with Gasteiger partial charge in [0.05, 0.1) is 23.3 Å². The van der Waals surface area contributed by atoms with Crippen LogP contribution in [0.4, 0.5) is 0 Å². The van der Waals surface area contributed by atoms with E-state index in [-0.39, 0.29) is 11.9 Å². The summed E-state index contributed by atoms with van der Waals surface area (Å²) in [5.74, 6) is 1.83. The standard InChI is InChI=1S/C22H27N3O2/c1-16(23-22(26)20-12-7-15-27-20)21-24-18-10-5-6-11-19(18)25(21)14-13-17-8-3-2-4-9-17/h5-7,10-12,15-17H,2-4,8-9,13-14H2,1H3,(H,23,26). The quantitative estimate of drug-likeness (QED) is 0.662. The molecule has 27 heavy (non-hydrogen) atoms. The molecule has 142 valence electrons. The number of carbonyl (C=O) groups excluding carboxylic acids is 1. The monoisotopic (exact) mass is 365 g/mol. The molecule has 0 saturated heterocycles. The molecule has 1 fully saturated rings. The van der Waals surface area contributed by atoms with Gasteiger partial charge >= 0.3 is 0 Å². The van der Waals surface area contributed by atoms with Crippen LogP contribution in [0.2, 0.25) is 0 Å². The van der Waals surface area contributed by atoms with E-state index in [1.165, 1.54) is 44.8 Å². The lowest BCUT2D eigenvalue weighted by atomic mass is 9.87. The van der Waals surface area contributed by atoms with Crippen LogP contribution in [0, 0.1) is 5.92 Å². The summed E-state index contributed by atoms with van der Waals surface area (Å²) in [4.78, 5) is 17.2. The van der Waals surface area contributed by atoms with E-state index in [0.717, 1.165) is 29.3 Å². The Morgan fingerprint density at radius 2 is 2.04 bits per heavy atom. The van der Waals surface area contributed by atoms with Crippen LogP contribution in [-0.4, -0.2) is 15.5 Å².